The second-order valence-electron chi connectivity index (χ2n) is 5.59. The molecule has 0 spiro atoms. The average Bonchev–Trinajstić information content (AvgIpc) is 2.95. The Kier molecular flexibility index (Phi) is 4.70. The van der Waals surface area contributed by atoms with Gasteiger partial charge in [-0.3, -0.25) is 9.69 Å². The predicted molar refractivity (Wildman–Crippen MR) is 84.7 cm³/mol. The number of aromatic nitrogens is 2. The number of amides is 1. The Bertz CT molecular complexity index is 599. The maximum atomic E-state index is 12.4. The van der Waals surface area contributed by atoms with Gasteiger partial charge in [-0.2, -0.15) is 0 Å². The molecule has 1 N–H and O–H groups in total. The Balaban J connectivity index is 1.54. The molecule has 1 amide bonds. The molecule has 1 aromatic carbocycles. The van der Waals surface area contributed by atoms with Crippen molar-refractivity contribution >= 4 is 16.9 Å². The van der Waals surface area contributed by atoms with E-state index in [1.54, 1.807) is 7.11 Å². The summed E-state index contributed by atoms with van der Waals surface area (Å²) in [6, 6.07) is 7.85. The van der Waals surface area contributed by atoms with Crippen LogP contribution in [0.1, 0.15) is 5.82 Å². The van der Waals surface area contributed by atoms with Crippen LogP contribution in [0, 0.1) is 0 Å². The summed E-state index contributed by atoms with van der Waals surface area (Å²) in [5, 5.41) is 0. The van der Waals surface area contributed by atoms with Crippen LogP contribution in [0.25, 0.3) is 11.0 Å². The zero-order chi connectivity index (χ0) is 15.4. The SMILES string of the molecule is COCCN1CCN(C(=O)Cc2nc3ccccc3[nH]2)CC1. The van der Waals surface area contributed by atoms with Crippen molar-refractivity contribution in [1.82, 2.24) is 19.8 Å². The highest BCUT2D eigenvalue weighted by atomic mass is 16.5. The van der Waals surface area contributed by atoms with Crippen molar-refractivity contribution in [2.75, 3.05) is 46.4 Å². The maximum Gasteiger partial charge on any atom is 0.230 e. The molecule has 2 heterocycles. The number of methoxy groups -OCH3 is 1. The molecule has 2 aromatic rings. The van der Waals surface area contributed by atoms with Crippen molar-refractivity contribution < 1.29 is 9.53 Å². The number of aromatic amines is 1. The Morgan fingerprint density at radius 3 is 2.77 bits per heavy atom. The van der Waals surface area contributed by atoms with Gasteiger partial charge in [-0.15, -0.1) is 0 Å². The highest BCUT2D eigenvalue weighted by Gasteiger charge is 2.21. The standard InChI is InChI=1S/C16H22N4O2/c1-22-11-10-19-6-8-20(9-7-19)16(21)12-15-17-13-4-2-3-5-14(13)18-15/h2-5H,6-12H2,1H3,(H,17,18). The number of fused-ring (bicyclic) bond motifs is 1. The number of carbonyl (C=O) groups excluding carboxylic acids is 1. The smallest absolute Gasteiger partial charge is 0.230 e. The molecule has 0 radical (unpaired) electrons. The molecular formula is C16H22N4O2. The summed E-state index contributed by atoms with van der Waals surface area (Å²) in [5.41, 5.74) is 1.89. The topological polar surface area (TPSA) is 61.5 Å². The molecule has 1 aliphatic rings. The fraction of sp³-hybridized carbons (Fsp3) is 0.500. The quantitative estimate of drug-likeness (QED) is 0.891. The van der Waals surface area contributed by atoms with Gasteiger partial charge in [0, 0.05) is 39.8 Å². The number of rotatable bonds is 5. The van der Waals surface area contributed by atoms with Gasteiger partial charge >= 0.3 is 0 Å². The number of nitrogens with zero attached hydrogens (tertiary/aromatic N) is 3. The largest absolute Gasteiger partial charge is 0.383 e. The van der Waals surface area contributed by atoms with Crippen LogP contribution in [0.2, 0.25) is 0 Å². The van der Waals surface area contributed by atoms with E-state index in [0.717, 1.165) is 56.2 Å². The second kappa shape index (κ2) is 6.89. The third kappa shape index (κ3) is 3.45. The van der Waals surface area contributed by atoms with Gasteiger partial charge in [0.25, 0.3) is 0 Å². The molecule has 6 heteroatoms. The van der Waals surface area contributed by atoms with Gasteiger partial charge in [0.05, 0.1) is 24.1 Å². The van der Waals surface area contributed by atoms with Gasteiger partial charge < -0.3 is 14.6 Å². The van der Waals surface area contributed by atoms with Crippen molar-refractivity contribution in [3.63, 3.8) is 0 Å². The number of hydrogen-bond acceptors (Lipinski definition) is 4. The number of carbonyl (C=O) groups is 1. The van der Waals surface area contributed by atoms with Gasteiger partial charge in [-0.05, 0) is 12.1 Å². The molecule has 0 bridgehead atoms. The lowest BCUT2D eigenvalue weighted by molar-refractivity contribution is -0.132. The fourth-order valence-electron chi connectivity index (χ4n) is 2.79. The highest BCUT2D eigenvalue weighted by molar-refractivity contribution is 5.80. The minimum Gasteiger partial charge on any atom is -0.383 e. The number of hydrogen-bond donors (Lipinski definition) is 1. The Hall–Kier alpha value is -1.92. The normalized spacial score (nSPS) is 16.3. The molecule has 0 atom stereocenters. The van der Waals surface area contributed by atoms with E-state index in [0.29, 0.717) is 6.42 Å². The van der Waals surface area contributed by atoms with Gasteiger partial charge in [0.2, 0.25) is 5.91 Å². The Morgan fingerprint density at radius 2 is 2.05 bits per heavy atom. The third-order valence-electron chi connectivity index (χ3n) is 4.09. The molecule has 1 saturated heterocycles. The van der Waals surface area contributed by atoms with Crippen LogP contribution < -0.4 is 0 Å². The molecule has 1 fully saturated rings. The first-order valence-corrected chi connectivity index (χ1v) is 7.69. The molecular weight excluding hydrogens is 280 g/mol. The molecule has 0 aliphatic carbocycles. The molecule has 1 aromatic heterocycles. The first-order valence-electron chi connectivity index (χ1n) is 7.69. The van der Waals surface area contributed by atoms with Crippen molar-refractivity contribution in [3.05, 3.63) is 30.1 Å². The summed E-state index contributed by atoms with van der Waals surface area (Å²) in [4.78, 5) is 24.3. The van der Waals surface area contributed by atoms with Crippen LogP contribution in [0.15, 0.2) is 24.3 Å². The van der Waals surface area contributed by atoms with E-state index >= 15 is 0 Å². The average molecular weight is 302 g/mol. The van der Waals surface area contributed by atoms with Crippen LogP contribution in [0.5, 0.6) is 0 Å². The Morgan fingerprint density at radius 1 is 1.27 bits per heavy atom. The molecule has 1 aliphatic heterocycles. The minimum atomic E-state index is 0.144. The Labute approximate surface area is 130 Å². The second-order valence-corrected chi connectivity index (χ2v) is 5.59. The lowest BCUT2D eigenvalue weighted by atomic mass is 10.2. The number of para-hydroxylation sites is 2. The zero-order valence-electron chi connectivity index (χ0n) is 12.9. The van der Waals surface area contributed by atoms with Crippen LogP contribution in [0.3, 0.4) is 0 Å². The van der Waals surface area contributed by atoms with Crippen LogP contribution in [0.4, 0.5) is 0 Å². The summed E-state index contributed by atoms with van der Waals surface area (Å²) in [6.45, 7) is 5.06. The van der Waals surface area contributed by atoms with Crippen molar-refractivity contribution in [1.29, 1.82) is 0 Å². The third-order valence-corrected chi connectivity index (χ3v) is 4.09. The molecule has 22 heavy (non-hydrogen) atoms. The van der Waals surface area contributed by atoms with Gasteiger partial charge in [0.15, 0.2) is 0 Å². The van der Waals surface area contributed by atoms with E-state index in [-0.39, 0.29) is 5.91 Å². The number of imidazole rings is 1. The number of piperazine rings is 1. The van der Waals surface area contributed by atoms with Crippen LogP contribution >= 0.6 is 0 Å². The number of H-pyrrole nitrogens is 1. The van der Waals surface area contributed by atoms with Crippen LogP contribution in [-0.2, 0) is 16.0 Å². The van der Waals surface area contributed by atoms with E-state index in [1.807, 2.05) is 29.2 Å². The summed E-state index contributed by atoms with van der Waals surface area (Å²) >= 11 is 0. The number of nitrogens with one attached hydrogen (secondary N) is 1. The minimum absolute atomic E-state index is 0.144. The first kappa shape index (κ1) is 15.0. The molecule has 0 unspecified atom stereocenters. The molecule has 3 rings (SSSR count). The van der Waals surface area contributed by atoms with E-state index in [1.165, 1.54) is 0 Å². The number of benzene rings is 1. The summed E-state index contributed by atoms with van der Waals surface area (Å²) in [6.07, 6.45) is 0.340. The van der Waals surface area contributed by atoms with Crippen molar-refractivity contribution in [2.24, 2.45) is 0 Å². The maximum absolute atomic E-state index is 12.4. The molecule has 6 nitrogen and oxygen atoms in total. The van der Waals surface area contributed by atoms with Gasteiger partial charge in [-0.1, -0.05) is 12.1 Å². The van der Waals surface area contributed by atoms with Crippen molar-refractivity contribution in [2.45, 2.75) is 6.42 Å². The number of ether oxygens (including phenoxy) is 1. The van der Waals surface area contributed by atoms with E-state index < -0.39 is 0 Å². The lowest BCUT2D eigenvalue weighted by Crippen LogP contribution is -2.49. The summed E-state index contributed by atoms with van der Waals surface area (Å²) in [7, 11) is 1.72. The van der Waals surface area contributed by atoms with Gasteiger partial charge in [0.1, 0.15) is 5.82 Å². The first-order chi connectivity index (χ1) is 10.8. The lowest BCUT2D eigenvalue weighted by Gasteiger charge is -2.34. The van der Waals surface area contributed by atoms with E-state index in [2.05, 4.69) is 14.9 Å². The summed E-state index contributed by atoms with van der Waals surface area (Å²) < 4.78 is 5.09. The molecule has 118 valence electrons. The van der Waals surface area contributed by atoms with Gasteiger partial charge in [-0.25, -0.2) is 4.98 Å². The van der Waals surface area contributed by atoms with Crippen molar-refractivity contribution in [3.8, 4) is 0 Å². The molecule has 0 saturated carbocycles. The van der Waals surface area contributed by atoms with E-state index in [9.17, 15) is 4.79 Å². The monoisotopic (exact) mass is 302 g/mol. The summed E-state index contributed by atoms with van der Waals surface area (Å²) in [5.74, 6) is 0.887. The highest BCUT2D eigenvalue weighted by Crippen LogP contribution is 2.12. The predicted octanol–water partition coefficient (Wildman–Crippen LogP) is 0.896. The fourth-order valence-corrected chi connectivity index (χ4v) is 2.79. The zero-order valence-corrected chi connectivity index (χ0v) is 12.9. The van der Waals surface area contributed by atoms with Crippen LogP contribution in [-0.4, -0.2) is 72.1 Å². The van der Waals surface area contributed by atoms with E-state index in [4.69, 9.17) is 4.74 Å².